The molecule has 0 saturated carbocycles. The molecule has 5 nitrogen and oxygen atoms in total. The second-order valence-corrected chi connectivity index (χ2v) is 9.45. The molecule has 1 N–H and O–H groups in total. The van der Waals surface area contributed by atoms with Crippen molar-refractivity contribution in [2.24, 2.45) is 4.99 Å². The molecule has 6 heteroatoms. The second kappa shape index (κ2) is 8.15. The maximum atomic E-state index is 13.7. The average molecular weight is 467 g/mol. The van der Waals surface area contributed by atoms with Crippen molar-refractivity contribution in [3.8, 4) is 11.5 Å². The van der Waals surface area contributed by atoms with Gasteiger partial charge in [-0.25, -0.2) is 4.99 Å². The summed E-state index contributed by atoms with van der Waals surface area (Å²) in [6, 6.07) is 23.1. The molecule has 2 heterocycles. The van der Waals surface area contributed by atoms with Crippen LogP contribution in [0.3, 0.4) is 0 Å². The van der Waals surface area contributed by atoms with E-state index in [0.29, 0.717) is 14.9 Å². The first-order chi connectivity index (χ1) is 16.6. The molecule has 2 aliphatic rings. The quantitative estimate of drug-likeness (QED) is 0.496. The fourth-order valence-corrected chi connectivity index (χ4v) is 5.85. The van der Waals surface area contributed by atoms with Gasteiger partial charge in [0.15, 0.2) is 4.80 Å². The molecule has 0 saturated heterocycles. The van der Waals surface area contributed by atoms with Crippen molar-refractivity contribution in [3.63, 3.8) is 0 Å². The Morgan fingerprint density at radius 3 is 2.59 bits per heavy atom. The molecule has 168 valence electrons. The molecular formula is C28H22N2O3S. The molecule has 0 spiro atoms. The first-order valence-corrected chi connectivity index (χ1v) is 12.0. The van der Waals surface area contributed by atoms with Gasteiger partial charge >= 0.3 is 0 Å². The third-order valence-electron chi connectivity index (χ3n) is 6.53. The Balaban J connectivity index is 1.62. The number of ether oxygens (including phenoxy) is 1. The summed E-state index contributed by atoms with van der Waals surface area (Å²) in [4.78, 5) is 19.4. The van der Waals surface area contributed by atoms with E-state index in [-0.39, 0.29) is 17.4 Å². The number of nitrogens with zero attached hydrogens (tertiary/aromatic N) is 2. The van der Waals surface area contributed by atoms with Gasteiger partial charge in [-0.3, -0.25) is 9.36 Å². The zero-order valence-electron chi connectivity index (χ0n) is 18.6. The van der Waals surface area contributed by atoms with E-state index in [1.54, 1.807) is 31.4 Å². The zero-order valence-corrected chi connectivity index (χ0v) is 19.4. The molecule has 0 radical (unpaired) electrons. The number of phenolic OH excluding ortho intramolecular Hbond substituents is 1. The molecule has 1 aliphatic carbocycles. The van der Waals surface area contributed by atoms with Crippen molar-refractivity contribution in [2.45, 2.75) is 18.9 Å². The van der Waals surface area contributed by atoms with Crippen LogP contribution in [0.15, 0.2) is 88.2 Å². The van der Waals surface area contributed by atoms with Crippen molar-refractivity contribution in [1.29, 1.82) is 0 Å². The summed E-state index contributed by atoms with van der Waals surface area (Å²) in [5.41, 5.74) is 6.09. The third-order valence-corrected chi connectivity index (χ3v) is 7.51. The molecule has 1 aliphatic heterocycles. The van der Waals surface area contributed by atoms with Crippen molar-refractivity contribution >= 4 is 23.1 Å². The van der Waals surface area contributed by atoms with Gasteiger partial charge < -0.3 is 9.84 Å². The van der Waals surface area contributed by atoms with Crippen molar-refractivity contribution in [3.05, 3.63) is 120 Å². The van der Waals surface area contributed by atoms with Crippen molar-refractivity contribution in [1.82, 2.24) is 4.57 Å². The highest BCUT2D eigenvalue weighted by atomic mass is 32.1. The minimum absolute atomic E-state index is 0.0989. The number of aromatic hydroxyl groups is 1. The number of hydrogen-bond donors (Lipinski definition) is 1. The summed E-state index contributed by atoms with van der Waals surface area (Å²) in [6.45, 7) is 0. The number of methoxy groups -OCH3 is 1. The van der Waals surface area contributed by atoms with Crippen LogP contribution in [-0.4, -0.2) is 16.8 Å². The number of phenols is 1. The summed E-state index contributed by atoms with van der Waals surface area (Å²) in [7, 11) is 1.65. The molecule has 1 atom stereocenters. The molecule has 1 aromatic heterocycles. The molecule has 0 amide bonds. The van der Waals surface area contributed by atoms with E-state index in [0.717, 1.165) is 41.0 Å². The predicted octanol–water partition coefficient (Wildman–Crippen LogP) is 4.03. The first-order valence-electron chi connectivity index (χ1n) is 11.2. The van der Waals surface area contributed by atoms with E-state index >= 15 is 0 Å². The van der Waals surface area contributed by atoms with Crippen LogP contribution in [0.25, 0.3) is 11.8 Å². The van der Waals surface area contributed by atoms with Crippen LogP contribution in [0.1, 0.15) is 34.7 Å². The number of benzene rings is 3. The lowest BCUT2D eigenvalue weighted by Gasteiger charge is -2.30. The molecule has 6 rings (SSSR count). The lowest BCUT2D eigenvalue weighted by Crippen LogP contribution is -2.38. The maximum Gasteiger partial charge on any atom is 0.271 e. The standard InChI is InChI=1S/C28H22N2O3S/c1-33-20-13-10-18(11-14-20)26-22-15-12-17-6-2-4-8-21(17)25(22)29-28-30(26)27(32)24(34-28)16-19-7-3-5-9-23(19)31/h2-11,13-14,16,26,31H,12,15H2,1H3. The molecule has 0 bridgehead atoms. The fourth-order valence-electron chi connectivity index (χ4n) is 4.86. The summed E-state index contributed by atoms with van der Waals surface area (Å²) >= 11 is 1.36. The number of fused-ring (bicyclic) bond motifs is 3. The largest absolute Gasteiger partial charge is 0.507 e. The van der Waals surface area contributed by atoms with Crippen LogP contribution in [0, 0.1) is 0 Å². The topological polar surface area (TPSA) is 63.8 Å². The molecule has 3 aromatic carbocycles. The normalized spacial score (nSPS) is 17.0. The van der Waals surface area contributed by atoms with Crippen LogP contribution in [0.2, 0.25) is 0 Å². The molecule has 1 unspecified atom stereocenters. The Bertz CT molecular complexity index is 1630. The van der Waals surface area contributed by atoms with Crippen LogP contribution >= 0.6 is 11.3 Å². The number of aryl methyl sites for hydroxylation is 1. The Labute approximate surface area is 200 Å². The maximum absolute atomic E-state index is 13.7. The zero-order chi connectivity index (χ0) is 23.2. The third kappa shape index (κ3) is 3.30. The summed E-state index contributed by atoms with van der Waals surface area (Å²) in [5, 5.41) is 10.2. The SMILES string of the molecule is COc1ccc(C2C3=C(N=c4sc(=Cc5ccccc5O)c(=O)n42)c2ccccc2CC3)cc1. The number of aromatic nitrogens is 1. The summed E-state index contributed by atoms with van der Waals surface area (Å²) in [5.74, 6) is 0.923. The van der Waals surface area contributed by atoms with Gasteiger partial charge in [-0.1, -0.05) is 65.9 Å². The van der Waals surface area contributed by atoms with Gasteiger partial charge in [0.05, 0.1) is 23.4 Å². The van der Waals surface area contributed by atoms with Gasteiger partial charge in [-0.05, 0) is 53.8 Å². The van der Waals surface area contributed by atoms with E-state index in [9.17, 15) is 9.90 Å². The van der Waals surface area contributed by atoms with Gasteiger partial charge in [0, 0.05) is 11.1 Å². The average Bonchev–Trinajstić information content (AvgIpc) is 3.18. The van der Waals surface area contributed by atoms with E-state index in [2.05, 4.69) is 18.2 Å². The number of hydrogen-bond acceptors (Lipinski definition) is 5. The van der Waals surface area contributed by atoms with Gasteiger partial charge in [0.25, 0.3) is 5.56 Å². The molecule has 4 aromatic rings. The molecular weight excluding hydrogens is 444 g/mol. The van der Waals surface area contributed by atoms with E-state index in [1.165, 1.54) is 16.9 Å². The molecule has 34 heavy (non-hydrogen) atoms. The highest BCUT2D eigenvalue weighted by Crippen LogP contribution is 2.41. The Kier molecular flexibility index (Phi) is 4.96. The minimum atomic E-state index is -0.239. The van der Waals surface area contributed by atoms with Gasteiger partial charge in [-0.15, -0.1) is 0 Å². The monoisotopic (exact) mass is 466 g/mol. The summed E-state index contributed by atoms with van der Waals surface area (Å²) < 4.78 is 7.72. The number of para-hydroxylation sites is 1. The van der Waals surface area contributed by atoms with E-state index in [1.807, 2.05) is 41.0 Å². The highest BCUT2D eigenvalue weighted by Gasteiger charge is 2.32. The predicted molar refractivity (Wildman–Crippen MR) is 134 cm³/mol. The van der Waals surface area contributed by atoms with Crippen LogP contribution < -0.4 is 19.6 Å². The minimum Gasteiger partial charge on any atom is -0.507 e. The van der Waals surface area contributed by atoms with Gasteiger partial charge in [0.2, 0.25) is 0 Å². The second-order valence-electron chi connectivity index (χ2n) is 8.45. The lowest BCUT2D eigenvalue weighted by atomic mass is 9.83. The Morgan fingerprint density at radius 1 is 1.03 bits per heavy atom. The number of rotatable bonds is 3. The Morgan fingerprint density at radius 2 is 1.79 bits per heavy atom. The number of allylic oxidation sites excluding steroid dienone is 1. The number of thiazole rings is 1. The van der Waals surface area contributed by atoms with Gasteiger partial charge in [-0.2, -0.15) is 0 Å². The van der Waals surface area contributed by atoms with Crippen molar-refractivity contribution < 1.29 is 9.84 Å². The first kappa shape index (κ1) is 20.7. The Hall–Kier alpha value is -3.90. The molecule has 0 fully saturated rings. The van der Waals surface area contributed by atoms with Gasteiger partial charge in [0.1, 0.15) is 11.5 Å². The van der Waals surface area contributed by atoms with Crippen molar-refractivity contribution in [2.75, 3.05) is 7.11 Å². The lowest BCUT2D eigenvalue weighted by molar-refractivity contribution is 0.414. The smallest absolute Gasteiger partial charge is 0.271 e. The fraction of sp³-hybridized carbons (Fsp3) is 0.143. The van der Waals surface area contributed by atoms with E-state index < -0.39 is 0 Å². The van der Waals surface area contributed by atoms with Crippen LogP contribution in [0.4, 0.5) is 0 Å². The highest BCUT2D eigenvalue weighted by molar-refractivity contribution is 7.07. The van der Waals surface area contributed by atoms with E-state index in [4.69, 9.17) is 9.73 Å². The van der Waals surface area contributed by atoms with Crippen LogP contribution in [0.5, 0.6) is 11.5 Å². The summed E-state index contributed by atoms with van der Waals surface area (Å²) in [6.07, 6.45) is 3.51. The van der Waals surface area contributed by atoms with Crippen LogP contribution in [-0.2, 0) is 6.42 Å².